The van der Waals surface area contributed by atoms with Crippen molar-refractivity contribution in [1.29, 1.82) is 0 Å². The number of benzene rings is 1. The van der Waals surface area contributed by atoms with Crippen molar-refractivity contribution >= 4 is 0 Å². The predicted molar refractivity (Wildman–Crippen MR) is 71.3 cm³/mol. The fraction of sp³-hybridized carbons (Fsp3) is 0.571. The number of hydrogen-bond donors (Lipinski definition) is 2. The topological polar surface area (TPSA) is 56.5 Å². The van der Waals surface area contributed by atoms with Crippen LogP contribution in [0.15, 0.2) is 24.3 Å². The van der Waals surface area contributed by atoms with Crippen LogP contribution in [0.25, 0.3) is 0 Å². The van der Waals surface area contributed by atoms with Crippen LogP contribution in [0.2, 0.25) is 0 Å². The molecule has 18 heavy (non-hydrogen) atoms. The van der Waals surface area contributed by atoms with E-state index in [1.807, 2.05) is 18.2 Å². The van der Waals surface area contributed by atoms with Crippen LogP contribution in [-0.4, -0.2) is 19.8 Å². The third kappa shape index (κ3) is 3.45. The van der Waals surface area contributed by atoms with Crippen LogP contribution in [0.3, 0.4) is 0 Å². The molecule has 3 N–H and O–H groups in total. The molecule has 1 aromatic carbocycles. The number of hydrazine groups is 1. The smallest absolute Gasteiger partial charge is 0.119 e. The molecule has 0 bridgehead atoms. The van der Waals surface area contributed by atoms with Gasteiger partial charge in [-0.15, -0.1) is 0 Å². The van der Waals surface area contributed by atoms with Crippen molar-refractivity contribution in [3.63, 3.8) is 0 Å². The molecular formula is C14H22N2O2. The second kappa shape index (κ2) is 6.73. The molecule has 0 radical (unpaired) electrons. The summed E-state index contributed by atoms with van der Waals surface area (Å²) in [7, 11) is 1.68. The zero-order valence-electron chi connectivity index (χ0n) is 10.9. The quantitative estimate of drug-likeness (QED) is 0.600. The van der Waals surface area contributed by atoms with E-state index in [9.17, 15) is 0 Å². The van der Waals surface area contributed by atoms with Gasteiger partial charge in [0.15, 0.2) is 0 Å². The van der Waals surface area contributed by atoms with Gasteiger partial charge in [0.1, 0.15) is 5.75 Å². The van der Waals surface area contributed by atoms with Gasteiger partial charge in [-0.25, -0.2) is 0 Å². The number of nitrogens with one attached hydrogen (secondary N) is 1. The van der Waals surface area contributed by atoms with E-state index in [1.54, 1.807) is 7.11 Å². The van der Waals surface area contributed by atoms with Crippen LogP contribution in [0.4, 0.5) is 0 Å². The Hall–Kier alpha value is -1.10. The molecule has 1 aliphatic heterocycles. The largest absolute Gasteiger partial charge is 0.497 e. The van der Waals surface area contributed by atoms with Gasteiger partial charge in [-0.3, -0.25) is 11.3 Å². The Morgan fingerprint density at radius 2 is 2.44 bits per heavy atom. The van der Waals surface area contributed by atoms with E-state index >= 15 is 0 Å². The van der Waals surface area contributed by atoms with Gasteiger partial charge in [0, 0.05) is 12.6 Å². The molecule has 1 saturated heterocycles. The number of ether oxygens (including phenoxy) is 2. The highest BCUT2D eigenvalue weighted by atomic mass is 16.5. The zero-order chi connectivity index (χ0) is 12.8. The van der Waals surface area contributed by atoms with Gasteiger partial charge in [0.05, 0.1) is 13.2 Å². The van der Waals surface area contributed by atoms with Crippen molar-refractivity contribution in [3.8, 4) is 5.75 Å². The van der Waals surface area contributed by atoms with Crippen LogP contribution in [0.5, 0.6) is 5.75 Å². The second-order valence-corrected chi connectivity index (χ2v) is 4.71. The van der Waals surface area contributed by atoms with Gasteiger partial charge in [0.2, 0.25) is 0 Å². The van der Waals surface area contributed by atoms with Crippen molar-refractivity contribution in [2.24, 2.45) is 5.84 Å². The van der Waals surface area contributed by atoms with E-state index in [2.05, 4.69) is 11.5 Å². The average molecular weight is 250 g/mol. The maximum atomic E-state index is 5.65. The summed E-state index contributed by atoms with van der Waals surface area (Å²) in [5, 5.41) is 0. The highest BCUT2D eigenvalue weighted by Gasteiger charge is 2.18. The fourth-order valence-corrected chi connectivity index (χ4v) is 2.43. The minimum atomic E-state index is 0.157. The summed E-state index contributed by atoms with van der Waals surface area (Å²) in [5.74, 6) is 6.52. The molecule has 1 aromatic rings. The van der Waals surface area contributed by atoms with Gasteiger partial charge in [-0.05, 0) is 43.4 Å². The Bertz CT molecular complexity index is 365. The molecule has 0 amide bonds. The average Bonchev–Trinajstić information content (AvgIpc) is 2.93. The van der Waals surface area contributed by atoms with E-state index in [-0.39, 0.29) is 6.04 Å². The molecule has 1 aliphatic rings. The number of methoxy groups -OCH3 is 1. The van der Waals surface area contributed by atoms with Gasteiger partial charge in [0.25, 0.3) is 0 Å². The van der Waals surface area contributed by atoms with E-state index in [1.165, 1.54) is 12.8 Å². The molecule has 2 unspecified atom stereocenters. The molecule has 2 atom stereocenters. The van der Waals surface area contributed by atoms with Crippen LogP contribution in [0.1, 0.15) is 37.3 Å². The lowest BCUT2D eigenvalue weighted by molar-refractivity contribution is 0.0996. The van der Waals surface area contributed by atoms with Crippen LogP contribution in [-0.2, 0) is 4.74 Å². The summed E-state index contributed by atoms with van der Waals surface area (Å²) in [5.41, 5.74) is 4.04. The molecule has 100 valence electrons. The summed E-state index contributed by atoms with van der Waals surface area (Å²) >= 11 is 0. The molecule has 0 aromatic heterocycles. The summed E-state index contributed by atoms with van der Waals surface area (Å²) < 4.78 is 10.9. The van der Waals surface area contributed by atoms with Crippen molar-refractivity contribution in [1.82, 2.24) is 5.43 Å². The Kier molecular flexibility index (Phi) is 4.99. The lowest BCUT2D eigenvalue weighted by Gasteiger charge is -2.19. The van der Waals surface area contributed by atoms with Crippen LogP contribution in [0, 0.1) is 0 Å². The third-order valence-corrected chi connectivity index (χ3v) is 3.50. The lowest BCUT2D eigenvalue weighted by Crippen LogP contribution is -2.28. The van der Waals surface area contributed by atoms with E-state index in [4.69, 9.17) is 15.3 Å². The first kappa shape index (κ1) is 13.3. The lowest BCUT2D eigenvalue weighted by atomic mass is 9.99. The minimum Gasteiger partial charge on any atom is -0.497 e. The zero-order valence-corrected chi connectivity index (χ0v) is 10.9. The van der Waals surface area contributed by atoms with Gasteiger partial charge < -0.3 is 9.47 Å². The standard InChI is InChI=1S/C14H22N2O2/c1-17-13-5-2-4-11(10-13)14(16-15)8-7-12-6-3-9-18-12/h2,4-5,10,12,14,16H,3,6-9,15H2,1H3. The number of rotatable bonds is 6. The molecule has 4 nitrogen and oxygen atoms in total. The molecular weight excluding hydrogens is 228 g/mol. The first-order chi connectivity index (χ1) is 8.83. The third-order valence-electron chi connectivity index (χ3n) is 3.50. The Balaban J connectivity index is 1.93. The highest BCUT2D eigenvalue weighted by molar-refractivity contribution is 5.30. The number of nitrogens with two attached hydrogens (primary N) is 1. The number of hydrogen-bond acceptors (Lipinski definition) is 4. The molecule has 4 heteroatoms. The second-order valence-electron chi connectivity index (χ2n) is 4.71. The van der Waals surface area contributed by atoms with Gasteiger partial charge >= 0.3 is 0 Å². The fourth-order valence-electron chi connectivity index (χ4n) is 2.43. The first-order valence-corrected chi connectivity index (χ1v) is 6.55. The molecule has 0 saturated carbocycles. The maximum Gasteiger partial charge on any atom is 0.119 e. The first-order valence-electron chi connectivity index (χ1n) is 6.55. The van der Waals surface area contributed by atoms with Crippen molar-refractivity contribution in [2.75, 3.05) is 13.7 Å². The maximum absolute atomic E-state index is 5.65. The summed E-state index contributed by atoms with van der Waals surface area (Å²) in [6.07, 6.45) is 4.80. The monoisotopic (exact) mass is 250 g/mol. The van der Waals surface area contributed by atoms with Crippen LogP contribution >= 0.6 is 0 Å². The minimum absolute atomic E-state index is 0.157. The summed E-state index contributed by atoms with van der Waals surface area (Å²) in [4.78, 5) is 0. The molecule has 1 fully saturated rings. The highest BCUT2D eigenvalue weighted by Crippen LogP contribution is 2.25. The Morgan fingerprint density at radius 1 is 1.56 bits per heavy atom. The summed E-state index contributed by atoms with van der Waals surface area (Å²) in [6.45, 7) is 0.907. The van der Waals surface area contributed by atoms with Crippen molar-refractivity contribution in [3.05, 3.63) is 29.8 Å². The normalized spacial score (nSPS) is 20.9. The Labute approximate surface area is 108 Å². The molecule has 1 heterocycles. The van der Waals surface area contributed by atoms with Gasteiger partial charge in [-0.2, -0.15) is 0 Å². The predicted octanol–water partition coefficient (Wildman–Crippen LogP) is 2.16. The SMILES string of the molecule is COc1cccc(C(CCC2CCCO2)NN)c1. The van der Waals surface area contributed by atoms with Crippen LogP contribution < -0.4 is 16.0 Å². The molecule has 0 spiro atoms. The van der Waals surface area contributed by atoms with Crippen molar-refractivity contribution in [2.45, 2.75) is 37.8 Å². The van der Waals surface area contributed by atoms with E-state index in [0.29, 0.717) is 6.10 Å². The van der Waals surface area contributed by atoms with E-state index < -0.39 is 0 Å². The van der Waals surface area contributed by atoms with Crippen molar-refractivity contribution < 1.29 is 9.47 Å². The molecule has 0 aliphatic carbocycles. The van der Waals surface area contributed by atoms with Gasteiger partial charge in [-0.1, -0.05) is 12.1 Å². The van der Waals surface area contributed by atoms with E-state index in [0.717, 1.165) is 30.8 Å². The summed E-state index contributed by atoms with van der Waals surface area (Å²) in [6, 6.07) is 8.19. The Morgan fingerprint density at radius 3 is 3.11 bits per heavy atom. The molecule has 2 rings (SSSR count).